The van der Waals surface area contributed by atoms with Crippen molar-refractivity contribution in [2.75, 3.05) is 13.3 Å². The van der Waals surface area contributed by atoms with Crippen LogP contribution in [0.3, 0.4) is 0 Å². The highest BCUT2D eigenvalue weighted by Crippen LogP contribution is 2.35. The van der Waals surface area contributed by atoms with Gasteiger partial charge >= 0.3 is 0 Å². The molecule has 1 unspecified atom stereocenters. The molecule has 1 atom stereocenters. The number of fused-ring (bicyclic) bond motifs is 1. The summed E-state index contributed by atoms with van der Waals surface area (Å²) in [6.07, 6.45) is 0. The first-order valence-corrected chi connectivity index (χ1v) is 9.25. The smallest absolute Gasteiger partial charge is 0.231 e. The van der Waals surface area contributed by atoms with Gasteiger partial charge in [0.15, 0.2) is 11.5 Å². The maximum atomic E-state index is 12.9. The zero-order valence-electron chi connectivity index (χ0n) is 13.5. The van der Waals surface area contributed by atoms with Crippen LogP contribution in [0.4, 0.5) is 4.39 Å². The van der Waals surface area contributed by atoms with Crippen molar-refractivity contribution in [3.63, 3.8) is 0 Å². The van der Waals surface area contributed by atoms with Crippen LogP contribution in [0.1, 0.15) is 18.1 Å². The van der Waals surface area contributed by atoms with Crippen molar-refractivity contribution in [2.45, 2.75) is 18.3 Å². The Labute approximate surface area is 145 Å². The first-order valence-electron chi connectivity index (χ1n) is 7.59. The van der Waals surface area contributed by atoms with Crippen LogP contribution < -0.4 is 14.2 Å². The van der Waals surface area contributed by atoms with Crippen molar-refractivity contribution in [1.82, 2.24) is 4.72 Å². The Hall–Kier alpha value is -2.16. The maximum Gasteiger partial charge on any atom is 0.231 e. The fourth-order valence-electron chi connectivity index (χ4n) is 2.44. The Bertz CT molecular complexity index is 865. The van der Waals surface area contributed by atoms with Gasteiger partial charge in [-0.15, -0.1) is 0 Å². The van der Waals surface area contributed by atoms with Crippen LogP contribution in [-0.2, 0) is 21.4 Å². The quantitative estimate of drug-likeness (QED) is 0.814. The third kappa shape index (κ3) is 4.28. The van der Waals surface area contributed by atoms with Gasteiger partial charge in [-0.3, -0.25) is 0 Å². The fourth-order valence-corrected chi connectivity index (χ4v) is 3.67. The van der Waals surface area contributed by atoms with E-state index in [4.69, 9.17) is 9.47 Å². The molecule has 134 valence electrons. The highest BCUT2D eigenvalue weighted by molar-refractivity contribution is 7.88. The lowest BCUT2D eigenvalue weighted by molar-refractivity contribution is 0.0625. The van der Waals surface area contributed by atoms with Gasteiger partial charge in [0, 0.05) is 6.54 Å². The van der Waals surface area contributed by atoms with Gasteiger partial charge in [0.1, 0.15) is 11.4 Å². The minimum absolute atomic E-state index is 0.116. The standard InChI is InChI=1S/C17H18FNO5S/c1-17(20,13-4-7-15-16(8-13)24-11-23-15)10-19-25(21,22)9-12-2-5-14(18)6-3-12/h2-8,19-20H,9-11H2,1H3. The molecule has 6 nitrogen and oxygen atoms in total. The lowest BCUT2D eigenvalue weighted by Crippen LogP contribution is -2.39. The van der Waals surface area contributed by atoms with Crippen molar-refractivity contribution in [3.8, 4) is 11.5 Å². The number of nitrogens with one attached hydrogen (secondary N) is 1. The second-order valence-electron chi connectivity index (χ2n) is 6.05. The molecule has 0 aliphatic carbocycles. The second kappa shape index (κ2) is 6.62. The topological polar surface area (TPSA) is 84.9 Å². The zero-order valence-corrected chi connectivity index (χ0v) is 14.3. The normalized spacial score (nSPS) is 15.8. The molecule has 0 bridgehead atoms. The van der Waals surface area contributed by atoms with E-state index in [0.717, 1.165) is 0 Å². The molecule has 2 aromatic rings. The largest absolute Gasteiger partial charge is 0.454 e. The third-order valence-electron chi connectivity index (χ3n) is 3.90. The predicted molar refractivity (Wildman–Crippen MR) is 89.2 cm³/mol. The predicted octanol–water partition coefficient (Wildman–Crippen LogP) is 1.88. The molecule has 1 aliphatic heterocycles. The zero-order chi connectivity index (χ0) is 18.1. The molecule has 0 fully saturated rings. The molecule has 2 aromatic carbocycles. The molecule has 0 saturated carbocycles. The molecule has 0 aromatic heterocycles. The van der Waals surface area contributed by atoms with Crippen LogP contribution in [0.25, 0.3) is 0 Å². The summed E-state index contributed by atoms with van der Waals surface area (Å²) in [4.78, 5) is 0. The molecule has 8 heteroatoms. The van der Waals surface area contributed by atoms with Gasteiger partial charge in [0.2, 0.25) is 16.8 Å². The minimum atomic E-state index is -3.69. The second-order valence-corrected chi connectivity index (χ2v) is 7.86. The Morgan fingerprint density at radius 1 is 1.16 bits per heavy atom. The maximum absolute atomic E-state index is 12.9. The monoisotopic (exact) mass is 367 g/mol. The van der Waals surface area contributed by atoms with E-state index in [0.29, 0.717) is 22.6 Å². The van der Waals surface area contributed by atoms with E-state index < -0.39 is 21.4 Å². The van der Waals surface area contributed by atoms with Gasteiger partial charge in [-0.05, 0) is 42.3 Å². The molecular formula is C17H18FNO5S. The van der Waals surface area contributed by atoms with Gasteiger partial charge in [-0.1, -0.05) is 18.2 Å². The van der Waals surface area contributed by atoms with Gasteiger partial charge in [-0.25, -0.2) is 17.5 Å². The van der Waals surface area contributed by atoms with Crippen molar-refractivity contribution < 1.29 is 27.4 Å². The van der Waals surface area contributed by atoms with E-state index in [1.54, 1.807) is 18.2 Å². The van der Waals surface area contributed by atoms with Crippen LogP contribution in [-0.4, -0.2) is 26.9 Å². The Kier molecular flexibility index (Phi) is 4.68. The SMILES string of the molecule is CC(O)(CNS(=O)(=O)Cc1ccc(F)cc1)c1ccc2c(c1)OCO2. The molecule has 2 N–H and O–H groups in total. The summed E-state index contributed by atoms with van der Waals surface area (Å²) in [6, 6.07) is 10.2. The van der Waals surface area contributed by atoms with Crippen molar-refractivity contribution >= 4 is 10.0 Å². The number of benzene rings is 2. The highest BCUT2D eigenvalue weighted by Gasteiger charge is 2.28. The van der Waals surface area contributed by atoms with Gasteiger partial charge < -0.3 is 14.6 Å². The summed E-state index contributed by atoms with van der Waals surface area (Å²) in [7, 11) is -3.69. The average molecular weight is 367 g/mol. The molecule has 3 rings (SSSR count). The van der Waals surface area contributed by atoms with Gasteiger partial charge in [0.05, 0.1) is 5.75 Å². The lowest BCUT2D eigenvalue weighted by Gasteiger charge is -2.24. The first kappa shape index (κ1) is 17.7. The Balaban J connectivity index is 1.67. The van der Waals surface area contributed by atoms with Crippen LogP contribution >= 0.6 is 0 Å². The lowest BCUT2D eigenvalue weighted by atomic mass is 9.96. The molecule has 25 heavy (non-hydrogen) atoms. The van der Waals surface area contributed by atoms with E-state index in [1.807, 2.05) is 0 Å². The van der Waals surface area contributed by atoms with Crippen LogP contribution in [0.5, 0.6) is 11.5 Å². The molecule has 1 heterocycles. The van der Waals surface area contributed by atoms with Crippen molar-refractivity contribution in [3.05, 3.63) is 59.4 Å². The number of hydrogen-bond donors (Lipinski definition) is 2. The number of sulfonamides is 1. The first-order chi connectivity index (χ1) is 11.8. The number of halogens is 1. The van der Waals surface area contributed by atoms with Crippen molar-refractivity contribution in [1.29, 1.82) is 0 Å². The number of ether oxygens (including phenoxy) is 2. The summed E-state index contributed by atoms with van der Waals surface area (Å²) in [6.45, 7) is 1.41. The average Bonchev–Trinajstić information content (AvgIpc) is 3.03. The van der Waals surface area contributed by atoms with E-state index in [-0.39, 0.29) is 19.1 Å². The molecule has 1 aliphatic rings. The van der Waals surface area contributed by atoms with Crippen LogP contribution in [0.15, 0.2) is 42.5 Å². The van der Waals surface area contributed by atoms with Crippen LogP contribution in [0, 0.1) is 5.82 Å². The number of rotatable bonds is 6. The minimum Gasteiger partial charge on any atom is -0.454 e. The number of aliphatic hydroxyl groups is 1. The van der Waals surface area contributed by atoms with E-state index in [1.165, 1.54) is 31.2 Å². The molecule has 0 saturated heterocycles. The summed E-state index contributed by atoms with van der Waals surface area (Å²) in [5.74, 6) is 0.355. The van der Waals surface area contributed by atoms with Gasteiger partial charge in [-0.2, -0.15) is 0 Å². The fraction of sp³-hybridized carbons (Fsp3) is 0.294. The summed E-state index contributed by atoms with van der Waals surface area (Å²) < 4.78 is 50.1. The summed E-state index contributed by atoms with van der Waals surface area (Å²) in [5.41, 5.74) is -0.477. The molecule has 0 spiro atoms. The number of hydrogen-bond acceptors (Lipinski definition) is 5. The molecule has 0 radical (unpaired) electrons. The summed E-state index contributed by atoms with van der Waals surface area (Å²) >= 11 is 0. The third-order valence-corrected chi connectivity index (χ3v) is 5.20. The van der Waals surface area contributed by atoms with E-state index in [2.05, 4.69) is 4.72 Å². The van der Waals surface area contributed by atoms with E-state index in [9.17, 15) is 17.9 Å². The van der Waals surface area contributed by atoms with Crippen LogP contribution in [0.2, 0.25) is 0 Å². The summed E-state index contributed by atoms with van der Waals surface area (Å²) in [5, 5.41) is 10.6. The molecule has 0 amide bonds. The highest BCUT2D eigenvalue weighted by atomic mass is 32.2. The molecular weight excluding hydrogens is 349 g/mol. The Morgan fingerprint density at radius 3 is 2.56 bits per heavy atom. The van der Waals surface area contributed by atoms with Gasteiger partial charge in [0.25, 0.3) is 0 Å². The Morgan fingerprint density at radius 2 is 1.84 bits per heavy atom. The van der Waals surface area contributed by atoms with Crippen molar-refractivity contribution in [2.24, 2.45) is 0 Å². The van der Waals surface area contributed by atoms with E-state index >= 15 is 0 Å².